The second-order valence-electron chi connectivity index (χ2n) is 5.58. The number of rotatable bonds is 5. The molecule has 0 bridgehead atoms. The smallest absolute Gasteiger partial charge is 0.160 e. The Morgan fingerprint density at radius 3 is 2.32 bits per heavy atom. The van der Waals surface area contributed by atoms with Crippen LogP contribution in [0.15, 0.2) is 48.5 Å². The summed E-state index contributed by atoms with van der Waals surface area (Å²) in [6.07, 6.45) is 0.896. The molecule has 128 valence electrons. The average Bonchev–Trinajstić information content (AvgIpc) is 2.58. The molecular formula is C19H18F2N4. The zero-order valence-corrected chi connectivity index (χ0v) is 14.0. The number of hydrogen-bond donors (Lipinski definition) is 2. The number of para-hydroxylation sites is 1. The van der Waals surface area contributed by atoms with Crippen molar-refractivity contribution < 1.29 is 8.78 Å². The molecule has 25 heavy (non-hydrogen) atoms. The lowest BCUT2D eigenvalue weighted by Crippen LogP contribution is -2.03. The van der Waals surface area contributed by atoms with Crippen LogP contribution in [0.2, 0.25) is 0 Å². The van der Waals surface area contributed by atoms with Gasteiger partial charge < -0.3 is 10.6 Å². The molecule has 0 fully saturated rings. The van der Waals surface area contributed by atoms with Crippen molar-refractivity contribution in [2.75, 3.05) is 10.6 Å². The third-order valence-electron chi connectivity index (χ3n) is 3.69. The minimum Gasteiger partial charge on any atom is -0.340 e. The number of halogens is 2. The summed E-state index contributed by atoms with van der Waals surface area (Å²) < 4.78 is 26.4. The molecule has 2 aromatic carbocycles. The Balaban J connectivity index is 1.86. The van der Waals surface area contributed by atoms with E-state index in [-0.39, 0.29) is 0 Å². The first kappa shape index (κ1) is 16.8. The number of hydrogen-bond acceptors (Lipinski definition) is 4. The molecule has 4 nitrogen and oxygen atoms in total. The highest BCUT2D eigenvalue weighted by molar-refractivity contribution is 5.65. The number of aryl methyl sites for hydroxylation is 2. The Bertz CT molecular complexity index is 896. The first-order chi connectivity index (χ1) is 12.0. The van der Waals surface area contributed by atoms with E-state index in [9.17, 15) is 8.78 Å². The number of nitrogens with zero attached hydrogens (tertiary/aromatic N) is 2. The highest BCUT2D eigenvalue weighted by Gasteiger charge is 2.07. The van der Waals surface area contributed by atoms with Crippen LogP contribution in [0.3, 0.4) is 0 Å². The van der Waals surface area contributed by atoms with Gasteiger partial charge in [0.2, 0.25) is 0 Å². The molecule has 6 heteroatoms. The van der Waals surface area contributed by atoms with Crippen molar-refractivity contribution in [1.82, 2.24) is 9.97 Å². The van der Waals surface area contributed by atoms with Gasteiger partial charge in [-0.25, -0.2) is 18.7 Å². The summed E-state index contributed by atoms with van der Waals surface area (Å²) in [6, 6.07) is 13.3. The minimum absolute atomic E-state index is 0.414. The lowest BCUT2D eigenvalue weighted by atomic mass is 10.1. The molecule has 0 aliphatic rings. The van der Waals surface area contributed by atoms with Gasteiger partial charge in [0, 0.05) is 23.5 Å². The first-order valence-electron chi connectivity index (χ1n) is 7.98. The third-order valence-corrected chi connectivity index (χ3v) is 3.69. The van der Waals surface area contributed by atoms with Crippen LogP contribution in [0.25, 0.3) is 0 Å². The second-order valence-corrected chi connectivity index (χ2v) is 5.58. The molecule has 0 atom stereocenters. The van der Waals surface area contributed by atoms with E-state index in [1.165, 1.54) is 11.6 Å². The van der Waals surface area contributed by atoms with Crippen molar-refractivity contribution in [3.63, 3.8) is 0 Å². The van der Waals surface area contributed by atoms with Crippen molar-refractivity contribution in [3.8, 4) is 0 Å². The molecule has 1 aromatic heterocycles. The number of aromatic nitrogens is 2. The van der Waals surface area contributed by atoms with Crippen LogP contribution >= 0.6 is 0 Å². The highest BCUT2D eigenvalue weighted by atomic mass is 19.2. The van der Waals surface area contributed by atoms with Crippen LogP contribution in [0, 0.1) is 18.6 Å². The summed E-state index contributed by atoms with van der Waals surface area (Å²) in [7, 11) is 0. The van der Waals surface area contributed by atoms with Crippen LogP contribution < -0.4 is 10.6 Å². The highest BCUT2D eigenvalue weighted by Crippen LogP contribution is 2.23. The van der Waals surface area contributed by atoms with Gasteiger partial charge in [0.25, 0.3) is 0 Å². The molecular weight excluding hydrogens is 322 g/mol. The molecule has 0 amide bonds. The van der Waals surface area contributed by atoms with Gasteiger partial charge in [0.1, 0.15) is 17.5 Å². The van der Waals surface area contributed by atoms with Crippen molar-refractivity contribution >= 4 is 23.0 Å². The second kappa shape index (κ2) is 7.25. The predicted molar refractivity (Wildman–Crippen MR) is 95.5 cm³/mol. The Labute approximate surface area is 145 Å². The van der Waals surface area contributed by atoms with Crippen LogP contribution in [0.4, 0.5) is 31.8 Å². The number of benzene rings is 2. The zero-order chi connectivity index (χ0) is 17.8. The maximum absolute atomic E-state index is 13.4. The molecule has 0 saturated heterocycles. The fourth-order valence-electron chi connectivity index (χ4n) is 2.51. The van der Waals surface area contributed by atoms with Crippen LogP contribution in [0.5, 0.6) is 0 Å². The maximum Gasteiger partial charge on any atom is 0.160 e. The number of anilines is 4. The van der Waals surface area contributed by atoms with E-state index >= 15 is 0 Å². The van der Waals surface area contributed by atoms with E-state index in [0.29, 0.717) is 23.1 Å². The van der Waals surface area contributed by atoms with Gasteiger partial charge in [-0.2, -0.15) is 0 Å². The molecule has 2 N–H and O–H groups in total. The quantitative estimate of drug-likeness (QED) is 0.677. The molecule has 3 rings (SSSR count). The Kier molecular flexibility index (Phi) is 4.88. The summed E-state index contributed by atoms with van der Waals surface area (Å²) in [6.45, 7) is 3.86. The molecule has 3 aromatic rings. The van der Waals surface area contributed by atoms with Gasteiger partial charge in [-0.3, -0.25) is 0 Å². The summed E-state index contributed by atoms with van der Waals surface area (Å²) >= 11 is 0. The fourth-order valence-corrected chi connectivity index (χ4v) is 2.51. The molecule has 0 aliphatic heterocycles. The zero-order valence-electron chi connectivity index (χ0n) is 14.0. The van der Waals surface area contributed by atoms with Crippen LogP contribution in [-0.4, -0.2) is 9.97 Å². The third kappa shape index (κ3) is 4.09. The summed E-state index contributed by atoms with van der Waals surface area (Å²) in [4.78, 5) is 8.67. The van der Waals surface area contributed by atoms with Crippen molar-refractivity contribution in [2.24, 2.45) is 0 Å². The molecule has 0 unspecified atom stereocenters. The maximum atomic E-state index is 13.4. The number of nitrogens with one attached hydrogen (secondary N) is 2. The van der Waals surface area contributed by atoms with Crippen molar-refractivity contribution in [2.45, 2.75) is 20.3 Å². The SMILES string of the molecule is CCc1ccccc1Nc1cc(Nc2ccc(F)c(F)c2)nc(C)n1. The van der Waals surface area contributed by atoms with Gasteiger partial charge in [-0.15, -0.1) is 0 Å². The molecule has 0 saturated carbocycles. The van der Waals surface area contributed by atoms with Gasteiger partial charge >= 0.3 is 0 Å². The van der Waals surface area contributed by atoms with Gasteiger partial charge in [-0.1, -0.05) is 25.1 Å². The van der Waals surface area contributed by atoms with Crippen molar-refractivity contribution in [1.29, 1.82) is 0 Å². The molecule has 0 radical (unpaired) electrons. The monoisotopic (exact) mass is 340 g/mol. The van der Waals surface area contributed by atoms with Crippen molar-refractivity contribution in [3.05, 3.63) is 71.6 Å². The Morgan fingerprint density at radius 2 is 1.60 bits per heavy atom. The predicted octanol–water partition coefficient (Wildman–Crippen LogP) is 5.11. The van der Waals surface area contributed by atoms with E-state index in [1.54, 1.807) is 13.0 Å². The topological polar surface area (TPSA) is 49.8 Å². The van der Waals surface area contributed by atoms with E-state index in [4.69, 9.17) is 0 Å². The molecule has 1 heterocycles. The lowest BCUT2D eigenvalue weighted by molar-refractivity contribution is 0.509. The van der Waals surface area contributed by atoms with Gasteiger partial charge in [0.15, 0.2) is 11.6 Å². The first-order valence-corrected chi connectivity index (χ1v) is 7.98. The van der Waals surface area contributed by atoms with E-state index in [2.05, 4.69) is 33.6 Å². The Morgan fingerprint density at radius 1 is 0.880 bits per heavy atom. The average molecular weight is 340 g/mol. The Hall–Kier alpha value is -3.02. The lowest BCUT2D eigenvalue weighted by Gasteiger charge is -2.12. The standard InChI is InChI=1S/C19H18F2N4/c1-3-13-6-4-5-7-17(13)25-19-11-18(22-12(2)23-19)24-14-8-9-15(20)16(21)10-14/h4-11H,3H2,1-2H3,(H2,22,23,24,25). The molecule has 0 spiro atoms. The van der Waals surface area contributed by atoms with E-state index in [1.807, 2.05) is 18.2 Å². The van der Waals surface area contributed by atoms with E-state index in [0.717, 1.165) is 24.2 Å². The van der Waals surface area contributed by atoms with Crippen LogP contribution in [-0.2, 0) is 6.42 Å². The van der Waals surface area contributed by atoms with Gasteiger partial charge in [-0.05, 0) is 37.1 Å². The summed E-state index contributed by atoms with van der Waals surface area (Å²) in [5, 5.41) is 6.26. The molecule has 0 aliphatic carbocycles. The van der Waals surface area contributed by atoms with E-state index < -0.39 is 11.6 Å². The minimum atomic E-state index is -0.911. The summed E-state index contributed by atoms with van der Waals surface area (Å²) in [5.41, 5.74) is 2.56. The van der Waals surface area contributed by atoms with Crippen LogP contribution in [0.1, 0.15) is 18.3 Å². The van der Waals surface area contributed by atoms with Gasteiger partial charge in [0.05, 0.1) is 0 Å². The largest absolute Gasteiger partial charge is 0.340 e. The fraction of sp³-hybridized carbons (Fsp3) is 0.158. The summed E-state index contributed by atoms with van der Waals surface area (Å²) in [5.74, 6) is -0.119. The normalized spacial score (nSPS) is 10.6.